The fraction of sp³-hybridized carbons (Fsp3) is 0.300. The molecule has 2 aliphatic rings. The first-order valence-corrected chi connectivity index (χ1v) is 9.26. The van der Waals surface area contributed by atoms with Crippen molar-refractivity contribution < 1.29 is 9.59 Å². The van der Waals surface area contributed by atoms with Crippen molar-refractivity contribution in [1.29, 1.82) is 0 Å². The molecule has 2 aromatic rings. The number of nitrogens with zero attached hydrogens (tertiary/aromatic N) is 2. The average molecular weight is 370 g/mol. The predicted molar refractivity (Wildman–Crippen MR) is 103 cm³/mol. The summed E-state index contributed by atoms with van der Waals surface area (Å²) in [6, 6.07) is 12.7. The van der Waals surface area contributed by atoms with Crippen LogP contribution in [0, 0.1) is 0 Å². The Hall–Kier alpha value is -2.53. The number of piperidine rings is 1. The summed E-state index contributed by atoms with van der Waals surface area (Å²) in [5.74, 6) is -0.220. The Bertz CT molecular complexity index is 862. The van der Waals surface area contributed by atoms with E-state index >= 15 is 0 Å². The van der Waals surface area contributed by atoms with Crippen LogP contribution >= 0.6 is 11.6 Å². The van der Waals surface area contributed by atoms with Crippen molar-refractivity contribution in [3.8, 4) is 0 Å². The van der Waals surface area contributed by atoms with Crippen LogP contribution in [0.2, 0.25) is 5.02 Å². The molecule has 6 heteroatoms. The van der Waals surface area contributed by atoms with Crippen molar-refractivity contribution >= 4 is 40.5 Å². The van der Waals surface area contributed by atoms with Crippen LogP contribution in [0.3, 0.4) is 0 Å². The molecular formula is C20H20ClN3O2. The second kappa shape index (κ2) is 7.00. The fourth-order valence-electron chi connectivity index (χ4n) is 3.55. The lowest BCUT2D eigenvalue weighted by Crippen LogP contribution is -2.44. The van der Waals surface area contributed by atoms with E-state index < -0.39 is 0 Å². The highest BCUT2D eigenvalue weighted by Gasteiger charge is 2.30. The van der Waals surface area contributed by atoms with E-state index in [2.05, 4.69) is 5.32 Å². The topological polar surface area (TPSA) is 52.7 Å². The standard InChI is InChI=1S/C20H20ClN3O2/c21-14-8-9-17-18(12-14)24(13-19(25)23-10-4-1-5-11-23)20(26)15-6-2-3-7-16(15)22-17/h2-3,6-9,12,22H,1,4-5,10-11,13H2. The minimum atomic E-state index is -0.195. The van der Waals surface area contributed by atoms with Crippen molar-refractivity contribution in [3.63, 3.8) is 0 Å². The first-order chi connectivity index (χ1) is 12.6. The molecule has 2 aliphatic heterocycles. The number of benzene rings is 2. The summed E-state index contributed by atoms with van der Waals surface area (Å²) in [5.41, 5.74) is 2.67. The maximum Gasteiger partial charge on any atom is 0.260 e. The summed E-state index contributed by atoms with van der Waals surface area (Å²) in [5, 5.41) is 3.82. The van der Waals surface area contributed by atoms with E-state index in [9.17, 15) is 9.59 Å². The average Bonchev–Trinajstić information content (AvgIpc) is 2.78. The number of carbonyl (C=O) groups excluding carboxylic acids is 2. The first-order valence-electron chi connectivity index (χ1n) is 8.89. The smallest absolute Gasteiger partial charge is 0.260 e. The van der Waals surface area contributed by atoms with Gasteiger partial charge in [-0.2, -0.15) is 0 Å². The molecule has 0 bridgehead atoms. The van der Waals surface area contributed by atoms with E-state index in [1.165, 1.54) is 4.90 Å². The highest BCUT2D eigenvalue weighted by atomic mass is 35.5. The van der Waals surface area contributed by atoms with E-state index in [0.29, 0.717) is 16.3 Å². The number of hydrogen-bond acceptors (Lipinski definition) is 3. The van der Waals surface area contributed by atoms with E-state index in [0.717, 1.165) is 43.7 Å². The molecule has 134 valence electrons. The molecule has 0 spiro atoms. The van der Waals surface area contributed by atoms with Gasteiger partial charge in [0.2, 0.25) is 5.91 Å². The largest absolute Gasteiger partial charge is 0.353 e. The lowest BCUT2D eigenvalue weighted by atomic mass is 10.1. The van der Waals surface area contributed by atoms with Crippen LogP contribution in [-0.2, 0) is 4.79 Å². The highest BCUT2D eigenvalue weighted by molar-refractivity contribution is 6.31. The van der Waals surface area contributed by atoms with Gasteiger partial charge in [0.25, 0.3) is 5.91 Å². The van der Waals surface area contributed by atoms with E-state index in [1.807, 2.05) is 29.2 Å². The Balaban J connectivity index is 1.72. The van der Waals surface area contributed by atoms with Crippen LogP contribution in [-0.4, -0.2) is 36.3 Å². The van der Waals surface area contributed by atoms with Gasteiger partial charge in [0, 0.05) is 18.1 Å². The molecule has 0 aliphatic carbocycles. The molecular weight excluding hydrogens is 350 g/mol. The van der Waals surface area contributed by atoms with Crippen molar-refractivity contribution in [2.45, 2.75) is 19.3 Å². The van der Waals surface area contributed by atoms with Gasteiger partial charge >= 0.3 is 0 Å². The van der Waals surface area contributed by atoms with Crippen LogP contribution < -0.4 is 10.2 Å². The van der Waals surface area contributed by atoms with Crippen LogP contribution in [0.4, 0.5) is 17.1 Å². The third kappa shape index (κ3) is 3.15. The second-order valence-corrected chi connectivity index (χ2v) is 7.10. The van der Waals surface area contributed by atoms with Crippen molar-refractivity contribution in [1.82, 2.24) is 4.90 Å². The molecule has 0 radical (unpaired) electrons. The first kappa shape index (κ1) is 16.9. The Labute approximate surface area is 157 Å². The Morgan fingerprint density at radius 3 is 2.62 bits per heavy atom. The maximum absolute atomic E-state index is 13.2. The molecule has 2 amide bonds. The van der Waals surface area contributed by atoms with Gasteiger partial charge in [-0.25, -0.2) is 0 Å². The number of amides is 2. The van der Waals surface area contributed by atoms with Gasteiger partial charge in [-0.05, 0) is 49.6 Å². The summed E-state index contributed by atoms with van der Waals surface area (Å²) in [6.07, 6.45) is 3.20. The SMILES string of the molecule is O=C(CN1C(=O)c2ccccc2Nc2ccc(Cl)cc21)N1CCCCC1. The number of likely N-dealkylation sites (tertiary alicyclic amines) is 1. The summed E-state index contributed by atoms with van der Waals surface area (Å²) < 4.78 is 0. The van der Waals surface area contributed by atoms with E-state index in [4.69, 9.17) is 11.6 Å². The number of carbonyl (C=O) groups is 2. The predicted octanol–water partition coefficient (Wildman–Crippen LogP) is 4.06. The Kier molecular flexibility index (Phi) is 4.55. The van der Waals surface area contributed by atoms with Gasteiger partial charge in [0.1, 0.15) is 6.54 Å². The molecule has 2 aromatic carbocycles. The zero-order valence-corrected chi connectivity index (χ0v) is 15.1. The van der Waals surface area contributed by atoms with Crippen LogP contribution in [0.1, 0.15) is 29.6 Å². The highest BCUT2D eigenvalue weighted by Crippen LogP contribution is 2.37. The van der Waals surface area contributed by atoms with Gasteiger partial charge in [-0.1, -0.05) is 23.7 Å². The molecule has 26 heavy (non-hydrogen) atoms. The number of hydrogen-bond donors (Lipinski definition) is 1. The number of anilines is 3. The lowest BCUT2D eigenvalue weighted by Gasteiger charge is -2.30. The third-order valence-corrected chi connectivity index (χ3v) is 5.16. The summed E-state index contributed by atoms with van der Waals surface area (Å²) in [6.45, 7) is 1.54. The summed E-state index contributed by atoms with van der Waals surface area (Å²) in [4.78, 5) is 29.4. The second-order valence-electron chi connectivity index (χ2n) is 6.66. The van der Waals surface area contributed by atoms with E-state index in [1.54, 1.807) is 18.2 Å². The van der Waals surface area contributed by atoms with Crippen molar-refractivity contribution in [2.75, 3.05) is 29.9 Å². The number of para-hydroxylation sites is 1. The minimum absolute atomic E-state index is 0.0161. The molecule has 0 unspecified atom stereocenters. The molecule has 1 saturated heterocycles. The number of nitrogens with one attached hydrogen (secondary N) is 1. The van der Waals surface area contributed by atoms with Gasteiger partial charge in [0.05, 0.1) is 22.6 Å². The summed E-state index contributed by atoms with van der Waals surface area (Å²) >= 11 is 6.18. The number of halogens is 1. The molecule has 0 aromatic heterocycles. The molecule has 0 saturated carbocycles. The normalized spacial score (nSPS) is 16.4. The monoisotopic (exact) mass is 369 g/mol. The molecule has 4 rings (SSSR count). The zero-order chi connectivity index (χ0) is 18.1. The minimum Gasteiger partial charge on any atom is -0.353 e. The molecule has 0 atom stereocenters. The lowest BCUT2D eigenvalue weighted by molar-refractivity contribution is -0.130. The van der Waals surface area contributed by atoms with Gasteiger partial charge in [0.15, 0.2) is 0 Å². The van der Waals surface area contributed by atoms with Crippen LogP contribution in [0.15, 0.2) is 42.5 Å². The third-order valence-electron chi connectivity index (χ3n) is 4.92. The van der Waals surface area contributed by atoms with Crippen molar-refractivity contribution in [2.24, 2.45) is 0 Å². The van der Waals surface area contributed by atoms with Crippen LogP contribution in [0.5, 0.6) is 0 Å². The van der Waals surface area contributed by atoms with Gasteiger partial charge < -0.3 is 10.2 Å². The number of fused-ring (bicyclic) bond motifs is 2. The number of rotatable bonds is 2. The quantitative estimate of drug-likeness (QED) is 0.868. The zero-order valence-electron chi connectivity index (χ0n) is 14.4. The van der Waals surface area contributed by atoms with Crippen molar-refractivity contribution in [3.05, 3.63) is 53.1 Å². The molecule has 1 fully saturated rings. The van der Waals surface area contributed by atoms with E-state index in [-0.39, 0.29) is 18.4 Å². The molecule has 5 nitrogen and oxygen atoms in total. The van der Waals surface area contributed by atoms with Gasteiger partial charge in [-0.3, -0.25) is 14.5 Å². The van der Waals surface area contributed by atoms with Crippen LogP contribution in [0.25, 0.3) is 0 Å². The van der Waals surface area contributed by atoms with Gasteiger partial charge in [-0.15, -0.1) is 0 Å². The maximum atomic E-state index is 13.2. The Morgan fingerprint density at radius 2 is 1.81 bits per heavy atom. The summed E-state index contributed by atoms with van der Waals surface area (Å²) in [7, 11) is 0. The molecule has 1 N–H and O–H groups in total. The fourth-order valence-corrected chi connectivity index (χ4v) is 3.71. The molecule has 2 heterocycles. The Morgan fingerprint density at radius 1 is 1.04 bits per heavy atom.